The summed E-state index contributed by atoms with van der Waals surface area (Å²) in [5, 5.41) is 12.0. The SMILES string of the molecule is C=C(CNC(C)C(C)CO)C(=O)OCC. The highest BCUT2D eigenvalue weighted by Crippen LogP contribution is 2.01. The van der Waals surface area contributed by atoms with E-state index >= 15 is 0 Å². The summed E-state index contributed by atoms with van der Waals surface area (Å²) in [4.78, 5) is 11.2. The van der Waals surface area contributed by atoms with Crippen molar-refractivity contribution in [2.24, 2.45) is 5.92 Å². The second-order valence-corrected chi connectivity index (χ2v) is 3.65. The smallest absolute Gasteiger partial charge is 0.334 e. The molecule has 0 aliphatic carbocycles. The molecule has 15 heavy (non-hydrogen) atoms. The van der Waals surface area contributed by atoms with Crippen LogP contribution in [-0.4, -0.2) is 36.9 Å². The third-order valence-electron chi connectivity index (χ3n) is 2.34. The van der Waals surface area contributed by atoms with E-state index in [2.05, 4.69) is 11.9 Å². The largest absolute Gasteiger partial charge is 0.463 e. The Morgan fingerprint density at radius 1 is 1.53 bits per heavy atom. The third kappa shape index (κ3) is 5.54. The Kier molecular flexibility index (Phi) is 6.99. The van der Waals surface area contributed by atoms with Crippen LogP contribution >= 0.6 is 0 Å². The molecule has 0 bridgehead atoms. The lowest BCUT2D eigenvalue weighted by molar-refractivity contribution is -0.138. The molecule has 0 saturated carbocycles. The van der Waals surface area contributed by atoms with E-state index < -0.39 is 0 Å². The van der Waals surface area contributed by atoms with Gasteiger partial charge in [0.15, 0.2) is 0 Å². The average molecular weight is 215 g/mol. The van der Waals surface area contributed by atoms with Gasteiger partial charge in [-0.2, -0.15) is 0 Å². The van der Waals surface area contributed by atoms with Crippen molar-refractivity contribution in [2.75, 3.05) is 19.8 Å². The molecular weight excluding hydrogens is 194 g/mol. The van der Waals surface area contributed by atoms with E-state index in [4.69, 9.17) is 9.84 Å². The first kappa shape index (κ1) is 14.1. The number of rotatable bonds is 7. The quantitative estimate of drug-likeness (QED) is 0.485. The Hall–Kier alpha value is -0.870. The van der Waals surface area contributed by atoms with E-state index in [1.54, 1.807) is 6.92 Å². The first-order valence-electron chi connectivity index (χ1n) is 5.22. The molecule has 2 atom stereocenters. The van der Waals surface area contributed by atoms with Crippen LogP contribution in [0.3, 0.4) is 0 Å². The molecule has 0 aromatic rings. The summed E-state index contributed by atoms with van der Waals surface area (Å²) in [7, 11) is 0. The topological polar surface area (TPSA) is 58.6 Å². The Labute approximate surface area is 91.3 Å². The van der Waals surface area contributed by atoms with E-state index in [0.29, 0.717) is 18.7 Å². The maximum Gasteiger partial charge on any atom is 0.334 e. The molecule has 0 spiro atoms. The number of hydrogen-bond acceptors (Lipinski definition) is 4. The van der Waals surface area contributed by atoms with Gasteiger partial charge in [0.2, 0.25) is 0 Å². The van der Waals surface area contributed by atoms with Crippen LogP contribution in [0, 0.1) is 5.92 Å². The van der Waals surface area contributed by atoms with Gasteiger partial charge in [-0.05, 0) is 19.8 Å². The van der Waals surface area contributed by atoms with Crippen LogP contribution in [0.15, 0.2) is 12.2 Å². The molecule has 2 unspecified atom stereocenters. The lowest BCUT2D eigenvalue weighted by Crippen LogP contribution is -2.36. The molecule has 0 aliphatic heterocycles. The van der Waals surface area contributed by atoms with Crippen molar-refractivity contribution < 1.29 is 14.6 Å². The highest BCUT2D eigenvalue weighted by Gasteiger charge is 2.13. The van der Waals surface area contributed by atoms with Gasteiger partial charge in [-0.1, -0.05) is 13.5 Å². The van der Waals surface area contributed by atoms with Crippen LogP contribution in [0.25, 0.3) is 0 Å². The molecule has 0 fully saturated rings. The van der Waals surface area contributed by atoms with Crippen molar-refractivity contribution in [1.29, 1.82) is 0 Å². The summed E-state index contributed by atoms with van der Waals surface area (Å²) >= 11 is 0. The van der Waals surface area contributed by atoms with E-state index in [1.165, 1.54) is 0 Å². The van der Waals surface area contributed by atoms with Crippen LogP contribution in [0.2, 0.25) is 0 Å². The van der Waals surface area contributed by atoms with Crippen LogP contribution < -0.4 is 5.32 Å². The molecule has 0 radical (unpaired) electrons. The summed E-state index contributed by atoms with van der Waals surface area (Å²) in [6.45, 7) is 10.2. The summed E-state index contributed by atoms with van der Waals surface area (Å²) in [5.41, 5.74) is 0.411. The fourth-order valence-electron chi connectivity index (χ4n) is 0.949. The minimum Gasteiger partial charge on any atom is -0.463 e. The van der Waals surface area contributed by atoms with Crippen LogP contribution in [-0.2, 0) is 9.53 Å². The molecule has 0 heterocycles. The van der Waals surface area contributed by atoms with E-state index in [-0.39, 0.29) is 24.5 Å². The van der Waals surface area contributed by atoms with Crippen molar-refractivity contribution in [3.63, 3.8) is 0 Å². The maximum atomic E-state index is 11.2. The molecule has 4 heteroatoms. The molecule has 0 rings (SSSR count). The molecule has 0 amide bonds. The molecule has 0 aliphatic rings. The summed E-state index contributed by atoms with van der Waals surface area (Å²) in [6.07, 6.45) is 0. The maximum absolute atomic E-state index is 11.2. The fourth-order valence-corrected chi connectivity index (χ4v) is 0.949. The van der Waals surface area contributed by atoms with Gasteiger partial charge in [-0.3, -0.25) is 0 Å². The number of hydrogen-bond donors (Lipinski definition) is 2. The van der Waals surface area contributed by atoms with E-state index in [9.17, 15) is 4.79 Å². The monoisotopic (exact) mass is 215 g/mol. The lowest BCUT2D eigenvalue weighted by Gasteiger charge is -2.19. The van der Waals surface area contributed by atoms with E-state index in [1.807, 2.05) is 13.8 Å². The predicted molar refractivity (Wildman–Crippen MR) is 59.5 cm³/mol. The van der Waals surface area contributed by atoms with Crippen molar-refractivity contribution >= 4 is 5.97 Å². The Morgan fingerprint density at radius 3 is 2.60 bits per heavy atom. The number of esters is 1. The van der Waals surface area contributed by atoms with Crippen molar-refractivity contribution in [3.05, 3.63) is 12.2 Å². The minimum atomic E-state index is -0.367. The molecule has 4 nitrogen and oxygen atoms in total. The normalized spacial score (nSPS) is 14.4. The van der Waals surface area contributed by atoms with Gasteiger partial charge in [0.1, 0.15) is 0 Å². The van der Waals surface area contributed by atoms with Crippen molar-refractivity contribution in [3.8, 4) is 0 Å². The van der Waals surface area contributed by atoms with Gasteiger partial charge < -0.3 is 15.2 Å². The molecule has 2 N–H and O–H groups in total. The zero-order valence-corrected chi connectivity index (χ0v) is 9.75. The number of aliphatic hydroxyl groups excluding tert-OH is 1. The average Bonchev–Trinajstić information content (AvgIpc) is 2.24. The fraction of sp³-hybridized carbons (Fsp3) is 0.727. The molecule has 0 aromatic heterocycles. The predicted octanol–water partition coefficient (Wildman–Crippen LogP) is 0.712. The third-order valence-corrected chi connectivity index (χ3v) is 2.34. The molecule has 0 aromatic carbocycles. The standard InChI is InChI=1S/C11H21NO3/c1-5-15-11(14)8(2)6-12-10(4)9(3)7-13/h9-10,12-13H,2,5-7H2,1,3-4H3. The second kappa shape index (κ2) is 7.43. The van der Waals surface area contributed by atoms with Crippen LogP contribution in [0.1, 0.15) is 20.8 Å². The summed E-state index contributed by atoms with van der Waals surface area (Å²) < 4.78 is 4.79. The summed E-state index contributed by atoms with van der Waals surface area (Å²) in [6, 6.07) is 0.140. The summed E-state index contributed by atoms with van der Waals surface area (Å²) in [5.74, 6) is -0.214. The van der Waals surface area contributed by atoms with Gasteiger partial charge >= 0.3 is 5.97 Å². The molecule has 88 valence electrons. The second-order valence-electron chi connectivity index (χ2n) is 3.65. The van der Waals surface area contributed by atoms with E-state index in [0.717, 1.165) is 0 Å². The number of carbonyl (C=O) groups excluding carboxylic acids is 1. The zero-order chi connectivity index (χ0) is 11.8. The van der Waals surface area contributed by atoms with Gasteiger partial charge in [0.05, 0.1) is 6.61 Å². The highest BCUT2D eigenvalue weighted by molar-refractivity contribution is 5.88. The van der Waals surface area contributed by atoms with Crippen molar-refractivity contribution in [1.82, 2.24) is 5.32 Å². The number of aliphatic hydroxyl groups is 1. The Bertz CT molecular complexity index is 216. The van der Waals surface area contributed by atoms with Crippen LogP contribution in [0.4, 0.5) is 0 Å². The number of carbonyl (C=O) groups is 1. The van der Waals surface area contributed by atoms with Gasteiger partial charge in [0.25, 0.3) is 0 Å². The first-order valence-corrected chi connectivity index (χ1v) is 5.22. The van der Waals surface area contributed by atoms with Gasteiger partial charge in [-0.15, -0.1) is 0 Å². The Balaban J connectivity index is 3.85. The van der Waals surface area contributed by atoms with Gasteiger partial charge in [0, 0.05) is 24.8 Å². The Morgan fingerprint density at radius 2 is 2.13 bits per heavy atom. The lowest BCUT2D eigenvalue weighted by atomic mass is 10.1. The minimum absolute atomic E-state index is 0.125. The molecular formula is C11H21NO3. The van der Waals surface area contributed by atoms with Gasteiger partial charge in [-0.25, -0.2) is 4.79 Å². The zero-order valence-electron chi connectivity index (χ0n) is 9.75. The number of ether oxygens (including phenoxy) is 1. The molecule has 0 saturated heterocycles. The number of nitrogens with one attached hydrogen (secondary N) is 1. The van der Waals surface area contributed by atoms with Crippen LogP contribution in [0.5, 0.6) is 0 Å². The highest BCUT2D eigenvalue weighted by atomic mass is 16.5. The first-order chi connectivity index (χ1) is 7.02. The van der Waals surface area contributed by atoms with Crippen molar-refractivity contribution in [2.45, 2.75) is 26.8 Å².